The van der Waals surface area contributed by atoms with Gasteiger partial charge in [0.05, 0.1) is 45.6 Å². The molecule has 0 atom stereocenters. The molecule has 0 amide bonds. The van der Waals surface area contributed by atoms with E-state index in [-0.39, 0.29) is 0 Å². The number of hydrogen-bond acceptors (Lipinski definition) is 4. The van der Waals surface area contributed by atoms with Gasteiger partial charge >= 0.3 is 0 Å². The highest BCUT2D eigenvalue weighted by molar-refractivity contribution is 6.56. The van der Waals surface area contributed by atoms with Crippen LogP contribution in [-0.2, 0) is 0 Å². The first kappa shape index (κ1) is 38.8. The maximum Gasteiger partial charge on any atom is 0.0823 e. The number of allylic oxidation sites excluding steroid dienone is 12. The molecular formula is C62H40N4. The SMILES string of the molecule is C1=CC2=NC1=CC1=NC(=C(c3ccccc3)C3=NC(=C(c4ccccc4)C4=NC(=C2)C=C4c2ccccc2)C(c2ccccc2)=C3c2ccccc2)C(c2ccccc2)=C1c1ccccc1. The first-order valence-electron chi connectivity index (χ1n) is 22.3. The van der Waals surface area contributed by atoms with Crippen LogP contribution in [0.3, 0.4) is 0 Å². The Labute approximate surface area is 384 Å². The van der Waals surface area contributed by atoms with Gasteiger partial charge in [0.1, 0.15) is 0 Å². The zero-order chi connectivity index (χ0) is 43.8. The van der Waals surface area contributed by atoms with Gasteiger partial charge in [-0.15, -0.1) is 0 Å². The fraction of sp³-hybridized carbons (Fsp3) is 0. The monoisotopic (exact) mass is 840 g/mol. The molecule has 308 valence electrons. The van der Waals surface area contributed by atoms with Gasteiger partial charge in [0.2, 0.25) is 0 Å². The average molecular weight is 841 g/mol. The molecular weight excluding hydrogens is 801 g/mol. The van der Waals surface area contributed by atoms with Crippen molar-refractivity contribution in [1.29, 1.82) is 0 Å². The minimum Gasteiger partial charge on any atom is -0.249 e. The maximum atomic E-state index is 6.07. The van der Waals surface area contributed by atoms with Crippen LogP contribution in [0.5, 0.6) is 0 Å². The molecule has 0 aromatic heterocycles. The van der Waals surface area contributed by atoms with E-state index in [0.29, 0.717) is 0 Å². The highest BCUT2D eigenvalue weighted by atomic mass is 14.9. The van der Waals surface area contributed by atoms with Crippen molar-refractivity contribution < 1.29 is 0 Å². The van der Waals surface area contributed by atoms with Crippen molar-refractivity contribution in [3.05, 3.63) is 304 Å². The fourth-order valence-corrected chi connectivity index (χ4v) is 9.51. The van der Waals surface area contributed by atoms with E-state index in [9.17, 15) is 0 Å². The Hall–Kier alpha value is -8.86. The molecule has 5 heterocycles. The van der Waals surface area contributed by atoms with Crippen molar-refractivity contribution in [3.8, 4) is 0 Å². The molecule has 4 heteroatoms. The predicted molar refractivity (Wildman–Crippen MR) is 276 cm³/mol. The first-order chi connectivity index (χ1) is 32.7. The zero-order valence-corrected chi connectivity index (χ0v) is 35.9. The van der Waals surface area contributed by atoms with Crippen molar-refractivity contribution in [1.82, 2.24) is 0 Å². The maximum absolute atomic E-state index is 6.07. The number of aliphatic imine (C=N–C) groups is 4. The average Bonchev–Trinajstić information content (AvgIpc) is 4.19. The van der Waals surface area contributed by atoms with Crippen LogP contribution >= 0.6 is 0 Å². The minimum atomic E-state index is 0.812. The Morgan fingerprint density at radius 1 is 0.242 bits per heavy atom. The fourth-order valence-electron chi connectivity index (χ4n) is 9.51. The summed E-state index contributed by atoms with van der Waals surface area (Å²) in [5.41, 5.74) is 20.9. The Morgan fingerprint density at radius 2 is 0.636 bits per heavy atom. The second-order valence-corrected chi connectivity index (χ2v) is 16.5. The van der Waals surface area contributed by atoms with Crippen LogP contribution in [0.25, 0.3) is 39.0 Å². The summed E-state index contributed by atoms with van der Waals surface area (Å²) in [7, 11) is 0. The Morgan fingerprint density at radius 3 is 1.14 bits per heavy atom. The molecule has 12 rings (SSSR count). The predicted octanol–water partition coefficient (Wildman–Crippen LogP) is 14.3. The standard InChI is InChI=1S/C62H40N4/c1-8-22-41(23-9-1)51-39-50-38-48-36-37-49(63-48)40-52-53(42-24-10-2-11-25-42)54(43-26-12-3-13-27-43)60(65-52)58(47-34-20-7-21-35-47)62-56(45-30-16-5-17-31-45)55(44-28-14-4-15-29-44)61(66-62)57(59(51)64-50)46-32-18-6-19-33-46/h1-40H. The third-order valence-corrected chi connectivity index (χ3v) is 12.4. The van der Waals surface area contributed by atoms with Crippen LogP contribution in [0.1, 0.15) is 38.9 Å². The van der Waals surface area contributed by atoms with Crippen LogP contribution in [0, 0.1) is 0 Å². The van der Waals surface area contributed by atoms with E-state index < -0.39 is 0 Å². The van der Waals surface area contributed by atoms with Gasteiger partial charge in [-0.3, -0.25) is 0 Å². The lowest BCUT2D eigenvalue weighted by molar-refractivity contribution is 1.41. The number of hydrogen-bond donors (Lipinski definition) is 0. The van der Waals surface area contributed by atoms with Crippen molar-refractivity contribution in [3.63, 3.8) is 0 Å². The third-order valence-electron chi connectivity index (χ3n) is 12.4. The number of rotatable bonds is 7. The highest BCUT2D eigenvalue weighted by Crippen LogP contribution is 2.51. The number of nitrogens with zero attached hydrogens (tertiary/aromatic N) is 4. The van der Waals surface area contributed by atoms with Gasteiger partial charge in [0.25, 0.3) is 0 Å². The first-order valence-corrected chi connectivity index (χ1v) is 22.3. The zero-order valence-electron chi connectivity index (χ0n) is 35.9. The van der Waals surface area contributed by atoms with Crippen LogP contribution in [0.4, 0.5) is 0 Å². The number of fused-ring (bicyclic) bond motifs is 4. The molecule has 66 heavy (non-hydrogen) atoms. The van der Waals surface area contributed by atoms with Crippen molar-refractivity contribution >= 4 is 61.9 Å². The van der Waals surface area contributed by atoms with E-state index in [2.05, 4.69) is 243 Å². The minimum absolute atomic E-state index is 0.812. The summed E-state index contributed by atoms with van der Waals surface area (Å²) in [5, 5.41) is 0. The van der Waals surface area contributed by atoms with Crippen molar-refractivity contribution in [2.75, 3.05) is 0 Å². The largest absolute Gasteiger partial charge is 0.249 e. The lowest BCUT2D eigenvalue weighted by atomic mass is 9.83. The molecule has 8 bridgehead atoms. The van der Waals surface area contributed by atoms with Gasteiger partial charge in [-0.1, -0.05) is 212 Å². The van der Waals surface area contributed by atoms with E-state index in [1.165, 1.54) is 0 Å². The van der Waals surface area contributed by atoms with Crippen molar-refractivity contribution in [2.24, 2.45) is 20.0 Å². The molecule has 4 nitrogen and oxygen atoms in total. The Balaban J connectivity index is 1.31. The summed E-state index contributed by atoms with van der Waals surface area (Å²) >= 11 is 0. The molecule has 0 aliphatic carbocycles. The summed E-state index contributed by atoms with van der Waals surface area (Å²) in [6, 6.07) is 74.6. The third kappa shape index (κ3) is 6.98. The lowest BCUT2D eigenvalue weighted by Crippen LogP contribution is -2.07. The second kappa shape index (κ2) is 16.7. The van der Waals surface area contributed by atoms with Gasteiger partial charge in [-0.05, 0) is 69.3 Å². The molecule has 0 N–H and O–H groups in total. The normalized spacial score (nSPS) is 16.5. The quantitative estimate of drug-likeness (QED) is 0.154. The van der Waals surface area contributed by atoms with Crippen LogP contribution in [0.15, 0.2) is 285 Å². The van der Waals surface area contributed by atoms with Gasteiger partial charge < -0.3 is 0 Å². The summed E-state index contributed by atoms with van der Waals surface area (Å²) in [6.45, 7) is 0. The van der Waals surface area contributed by atoms with E-state index in [1.807, 2.05) is 0 Å². The van der Waals surface area contributed by atoms with Crippen LogP contribution in [0.2, 0.25) is 0 Å². The molecule has 7 aromatic rings. The topological polar surface area (TPSA) is 49.4 Å². The second-order valence-electron chi connectivity index (χ2n) is 16.5. The summed E-state index contributed by atoms with van der Waals surface area (Å²) in [6.07, 6.45) is 10.5. The summed E-state index contributed by atoms with van der Waals surface area (Å²) < 4.78 is 0. The van der Waals surface area contributed by atoms with Gasteiger partial charge in [0.15, 0.2) is 0 Å². The van der Waals surface area contributed by atoms with Gasteiger partial charge in [-0.2, -0.15) is 0 Å². The van der Waals surface area contributed by atoms with Crippen molar-refractivity contribution in [2.45, 2.75) is 0 Å². The van der Waals surface area contributed by atoms with E-state index in [1.54, 1.807) is 0 Å². The highest BCUT2D eigenvalue weighted by Gasteiger charge is 2.38. The lowest BCUT2D eigenvalue weighted by Gasteiger charge is -2.18. The molecule has 0 radical (unpaired) electrons. The molecule has 0 saturated heterocycles. The Bertz CT molecular complexity index is 3470. The van der Waals surface area contributed by atoms with Crippen LogP contribution < -0.4 is 0 Å². The smallest absolute Gasteiger partial charge is 0.0823 e. The molecule has 0 spiro atoms. The number of benzene rings is 7. The van der Waals surface area contributed by atoms with Gasteiger partial charge in [0, 0.05) is 39.0 Å². The summed E-state index contributed by atoms with van der Waals surface area (Å²) in [5.74, 6) is 0. The molecule has 0 fully saturated rings. The molecule has 5 aliphatic rings. The molecule has 0 saturated carbocycles. The Kier molecular flexibility index (Phi) is 9.81. The molecule has 0 unspecified atom stereocenters. The van der Waals surface area contributed by atoms with E-state index >= 15 is 0 Å². The van der Waals surface area contributed by atoms with E-state index in [0.717, 1.165) is 124 Å². The van der Waals surface area contributed by atoms with E-state index in [4.69, 9.17) is 20.0 Å². The van der Waals surface area contributed by atoms with Gasteiger partial charge in [-0.25, -0.2) is 20.0 Å². The summed E-state index contributed by atoms with van der Waals surface area (Å²) in [4.78, 5) is 22.6. The molecule has 7 aromatic carbocycles. The molecule has 5 aliphatic heterocycles. The van der Waals surface area contributed by atoms with Crippen LogP contribution in [-0.4, -0.2) is 22.8 Å².